The largest absolute Gasteiger partial charge is 0.383 e. The third-order valence-corrected chi connectivity index (χ3v) is 5.24. The van der Waals surface area contributed by atoms with Crippen LogP contribution in [-0.2, 0) is 6.42 Å². The van der Waals surface area contributed by atoms with E-state index in [2.05, 4.69) is 32.2 Å². The molecule has 9 nitrogen and oxygen atoms in total. The molecule has 0 unspecified atom stereocenters. The number of nitrogens with two attached hydrogens (primary N) is 1. The summed E-state index contributed by atoms with van der Waals surface area (Å²) in [6.45, 7) is 10.1. The molecule has 5 rings (SSSR count). The van der Waals surface area contributed by atoms with Crippen molar-refractivity contribution in [2.45, 2.75) is 65.8 Å². The highest BCUT2D eigenvalue weighted by atomic mass is 16.5. The lowest BCUT2D eigenvalue weighted by Crippen LogP contribution is -2.04. The molecule has 1 aliphatic rings. The van der Waals surface area contributed by atoms with Gasteiger partial charge in [-0.25, -0.2) is 14.6 Å². The van der Waals surface area contributed by atoms with Gasteiger partial charge in [-0.15, -0.1) is 0 Å². The number of rotatable bonds is 5. The third-order valence-electron chi connectivity index (χ3n) is 5.24. The minimum absolute atomic E-state index is 0.0995. The molecule has 0 aromatic carbocycles. The second-order valence-corrected chi connectivity index (χ2v) is 7.65. The zero-order valence-corrected chi connectivity index (χ0v) is 18.6. The summed E-state index contributed by atoms with van der Waals surface area (Å²) in [5.41, 5.74) is 10.6. The fourth-order valence-corrected chi connectivity index (χ4v) is 3.54. The van der Waals surface area contributed by atoms with Crippen molar-refractivity contribution in [3.8, 4) is 22.6 Å². The molecule has 0 radical (unpaired) electrons. The normalized spacial score (nSPS) is 13.5. The molecule has 9 heteroatoms. The van der Waals surface area contributed by atoms with Gasteiger partial charge >= 0.3 is 0 Å². The van der Waals surface area contributed by atoms with Gasteiger partial charge in [0.1, 0.15) is 29.3 Å². The summed E-state index contributed by atoms with van der Waals surface area (Å²) in [6, 6.07) is 4.05. The Balaban J connectivity index is 0.00000112. The molecule has 0 atom stereocenters. The maximum atomic E-state index is 6.22. The van der Waals surface area contributed by atoms with Crippen LogP contribution < -0.4 is 5.73 Å². The van der Waals surface area contributed by atoms with Crippen molar-refractivity contribution in [1.29, 1.82) is 0 Å². The van der Waals surface area contributed by atoms with Crippen LogP contribution in [0.3, 0.4) is 0 Å². The summed E-state index contributed by atoms with van der Waals surface area (Å²) in [7, 11) is 0. The maximum Gasteiger partial charge on any atom is 0.164 e. The minimum atomic E-state index is 0.0995. The van der Waals surface area contributed by atoms with Crippen molar-refractivity contribution in [1.82, 2.24) is 35.1 Å². The second-order valence-electron chi connectivity index (χ2n) is 7.65. The fourth-order valence-electron chi connectivity index (χ4n) is 3.54. The summed E-state index contributed by atoms with van der Waals surface area (Å²) in [5, 5.41) is 18.6. The van der Waals surface area contributed by atoms with Gasteiger partial charge in [0.15, 0.2) is 5.65 Å². The highest BCUT2D eigenvalue weighted by Gasteiger charge is 2.35. The highest BCUT2D eigenvalue weighted by molar-refractivity contribution is 6.00. The van der Waals surface area contributed by atoms with E-state index in [0.29, 0.717) is 34.2 Å². The Labute approximate surface area is 181 Å². The molecule has 4 aromatic heterocycles. The molecule has 2 N–H and O–H groups in total. The molecule has 0 amide bonds. The van der Waals surface area contributed by atoms with Gasteiger partial charge in [0.05, 0.1) is 22.3 Å². The van der Waals surface area contributed by atoms with Crippen LogP contribution >= 0.6 is 0 Å². The summed E-state index contributed by atoms with van der Waals surface area (Å²) in [4.78, 5) is 8.58. The van der Waals surface area contributed by atoms with E-state index in [-0.39, 0.29) is 6.04 Å². The first-order valence-corrected chi connectivity index (χ1v) is 10.9. The Hall–Kier alpha value is -3.36. The number of aromatic nitrogens is 7. The fraction of sp³-hybridized carbons (Fsp3) is 0.455. The minimum Gasteiger partial charge on any atom is -0.383 e. The Morgan fingerprint density at radius 2 is 1.90 bits per heavy atom. The molecule has 4 aromatic rings. The molecule has 0 spiro atoms. The predicted molar refractivity (Wildman–Crippen MR) is 119 cm³/mol. The van der Waals surface area contributed by atoms with Crippen LogP contribution in [0, 0.1) is 0 Å². The number of anilines is 1. The molecule has 0 bridgehead atoms. The first-order valence-electron chi connectivity index (χ1n) is 10.9. The zero-order valence-electron chi connectivity index (χ0n) is 18.6. The van der Waals surface area contributed by atoms with Crippen molar-refractivity contribution in [2.75, 3.05) is 5.73 Å². The van der Waals surface area contributed by atoms with Gasteiger partial charge in [0.2, 0.25) is 0 Å². The molecular formula is C22H28N8O. The molecule has 31 heavy (non-hydrogen) atoms. The SMILES string of the molecule is CC.CCc1ccc(-c2c(-c3nn(C(C)C)c4ncnc(N)c34)noc2C2CC2)nn1. The zero-order chi connectivity index (χ0) is 22.1. The third kappa shape index (κ3) is 3.64. The van der Waals surface area contributed by atoms with Crippen LogP contribution in [0.25, 0.3) is 33.7 Å². The Morgan fingerprint density at radius 3 is 2.52 bits per heavy atom. The van der Waals surface area contributed by atoms with Crippen LogP contribution in [0.2, 0.25) is 0 Å². The number of hydrogen-bond donors (Lipinski definition) is 1. The molecule has 4 heterocycles. The van der Waals surface area contributed by atoms with Crippen molar-refractivity contribution in [3.05, 3.63) is 29.9 Å². The molecule has 1 aliphatic carbocycles. The summed E-state index contributed by atoms with van der Waals surface area (Å²) >= 11 is 0. The van der Waals surface area contributed by atoms with E-state index < -0.39 is 0 Å². The quantitative estimate of drug-likeness (QED) is 0.498. The van der Waals surface area contributed by atoms with Crippen LogP contribution in [0.4, 0.5) is 5.82 Å². The van der Waals surface area contributed by atoms with Gasteiger partial charge < -0.3 is 10.3 Å². The van der Waals surface area contributed by atoms with E-state index in [1.54, 1.807) is 0 Å². The van der Waals surface area contributed by atoms with Crippen LogP contribution in [-0.4, -0.2) is 35.1 Å². The van der Waals surface area contributed by atoms with E-state index in [9.17, 15) is 0 Å². The van der Waals surface area contributed by atoms with E-state index in [1.807, 2.05) is 44.5 Å². The molecular weight excluding hydrogens is 392 g/mol. The van der Waals surface area contributed by atoms with Crippen molar-refractivity contribution in [3.63, 3.8) is 0 Å². The van der Waals surface area contributed by atoms with Crippen molar-refractivity contribution >= 4 is 16.9 Å². The first kappa shape index (κ1) is 20.9. The first-order chi connectivity index (χ1) is 15.1. The van der Waals surface area contributed by atoms with Crippen LogP contribution in [0.15, 0.2) is 23.0 Å². The van der Waals surface area contributed by atoms with Gasteiger partial charge in [0.25, 0.3) is 0 Å². The van der Waals surface area contributed by atoms with Crippen LogP contribution in [0.5, 0.6) is 0 Å². The lowest BCUT2D eigenvalue weighted by molar-refractivity contribution is 0.386. The summed E-state index contributed by atoms with van der Waals surface area (Å²) in [5.74, 6) is 1.55. The number of aryl methyl sites for hydroxylation is 1. The van der Waals surface area contributed by atoms with Crippen molar-refractivity contribution < 1.29 is 4.52 Å². The predicted octanol–water partition coefficient (Wildman–Crippen LogP) is 4.57. The van der Waals surface area contributed by atoms with E-state index in [1.165, 1.54) is 6.33 Å². The monoisotopic (exact) mass is 420 g/mol. The van der Waals surface area contributed by atoms with Gasteiger partial charge in [-0.2, -0.15) is 15.3 Å². The Kier molecular flexibility index (Phi) is 5.67. The topological polar surface area (TPSA) is 121 Å². The smallest absolute Gasteiger partial charge is 0.164 e. The molecule has 162 valence electrons. The maximum absolute atomic E-state index is 6.22. The molecule has 0 aliphatic heterocycles. The number of nitrogens with zero attached hydrogens (tertiary/aromatic N) is 7. The summed E-state index contributed by atoms with van der Waals surface area (Å²) < 4.78 is 7.63. The number of nitrogen functional groups attached to an aromatic ring is 1. The lowest BCUT2D eigenvalue weighted by Gasteiger charge is -2.05. The highest BCUT2D eigenvalue weighted by Crippen LogP contribution is 2.48. The average molecular weight is 421 g/mol. The number of fused-ring (bicyclic) bond motifs is 1. The van der Waals surface area contributed by atoms with E-state index in [0.717, 1.165) is 42.0 Å². The Morgan fingerprint density at radius 1 is 1.13 bits per heavy atom. The summed E-state index contributed by atoms with van der Waals surface area (Å²) in [6.07, 6.45) is 4.44. The lowest BCUT2D eigenvalue weighted by atomic mass is 10.0. The van der Waals surface area contributed by atoms with Gasteiger partial charge in [0, 0.05) is 12.0 Å². The molecule has 1 saturated carbocycles. The van der Waals surface area contributed by atoms with Crippen LogP contribution in [0.1, 0.15) is 70.9 Å². The molecule has 1 fully saturated rings. The van der Waals surface area contributed by atoms with Gasteiger partial charge in [-0.3, -0.25) is 0 Å². The van der Waals surface area contributed by atoms with E-state index in [4.69, 9.17) is 15.4 Å². The second kappa shape index (κ2) is 8.41. The van der Waals surface area contributed by atoms with Gasteiger partial charge in [-0.05, 0) is 45.2 Å². The standard InChI is InChI=1S/C20H22N8O.C2H6/c1-4-12-7-8-13(25-24-12)14-17(27-29-18(14)11-5-6-11)16-15-19(21)22-9-23-20(15)28(26-16)10(2)3;1-2/h7-11H,4-6H2,1-3H3,(H2,21,22,23);1-2H3. The number of hydrogen-bond acceptors (Lipinski definition) is 8. The van der Waals surface area contributed by atoms with E-state index >= 15 is 0 Å². The van der Waals surface area contributed by atoms with Crippen molar-refractivity contribution in [2.24, 2.45) is 0 Å². The Bertz CT molecular complexity index is 1190. The average Bonchev–Trinajstić information content (AvgIpc) is 3.41. The van der Waals surface area contributed by atoms with Gasteiger partial charge in [-0.1, -0.05) is 25.9 Å². The molecule has 0 saturated heterocycles.